The Morgan fingerprint density at radius 2 is 2.25 bits per heavy atom. The number of hydrogen-bond donors (Lipinski definition) is 1. The van der Waals surface area contributed by atoms with Crippen LogP contribution in [0, 0.1) is 15.9 Å². The Kier molecular flexibility index (Phi) is 3.58. The summed E-state index contributed by atoms with van der Waals surface area (Å²) in [4.78, 5) is 22.4. The molecule has 0 spiro atoms. The average Bonchev–Trinajstić information content (AvgIpc) is 2.33. The topological polar surface area (TPSA) is 92.9 Å². The fourth-order valence-corrected chi connectivity index (χ4v) is 2.17. The molecule has 0 radical (unpaired) electrons. The van der Waals surface area contributed by atoms with Gasteiger partial charge in [0.1, 0.15) is 23.7 Å². The highest BCUT2D eigenvalue weighted by molar-refractivity contribution is 5.68. The van der Waals surface area contributed by atoms with Gasteiger partial charge in [-0.2, -0.15) is 0 Å². The maximum atomic E-state index is 13.0. The smallest absolute Gasteiger partial charge is 0.329 e. The van der Waals surface area contributed by atoms with Crippen LogP contribution in [-0.2, 0) is 9.53 Å². The number of anilines is 1. The summed E-state index contributed by atoms with van der Waals surface area (Å²) in [6.07, 6.45) is 0. The third-order valence-corrected chi connectivity index (χ3v) is 3.07. The number of ether oxygens (including phenoxy) is 1. The summed E-state index contributed by atoms with van der Waals surface area (Å²) < 4.78 is 18.3. The van der Waals surface area contributed by atoms with Gasteiger partial charge >= 0.3 is 5.97 Å². The maximum Gasteiger partial charge on any atom is 0.329 e. The van der Waals surface area contributed by atoms with E-state index in [1.54, 1.807) is 11.8 Å². The fourth-order valence-electron chi connectivity index (χ4n) is 2.17. The van der Waals surface area contributed by atoms with Crippen LogP contribution in [0.5, 0.6) is 0 Å². The third kappa shape index (κ3) is 2.85. The van der Waals surface area contributed by atoms with Crippen molar-refractivity contribution in [1.82, 2.24) is 0 Å². The average molecular weight is 284 g/mol. The molecule has 2 rings (SSSR count). The van der Waals surface area contributed by atoms with Gasteiger partial charge in [-0.15, -0.1) is 0 Å². The first-order chi connectivity index (χ1) is 9.31. The first-order valence-corrected chi connectivity index (χ1v) is 5.85. The van der Waals surface area contributed by atoms with Crippen LogP contribution in [0.25, 0.3) is 0 Å². The molecule has 1 saturated heterocycles. The van der Waals surface area contributed by atoms with Gasteiger partial charge in [0.15, 0.2) is 0 Å². The van der Waals surface area contributed by atoms with Gasteiger partial charge < -0.3 is 14.7 Å². The number of aliphatic carboxylic acids is 1. The predicted molar refractivity (Wildman–Crippen MR) is 67.3 cm³/mol. The number of nitro benzene ring substituents is 1. The molecule has 0 aliphatic carbocycles. The predicted octanol–water partition coefficient (Wildman–Crippen LogP) is 1.41. The lowest BCUT2D eigenvalue weighted by Gasteiger charge is -2.48. The summed E-state index contributed by atoms with van der Waals surface area (Å²) in [6, 6.07) is 3.35. The number of halogens is 1. The van der Waals surface area contributed by atoms with Gasteiger partial charge in [-0.3, -0.25) is 10.1 Å². The Bertz CT molecular complexity index is 557. The Labute approximate surface area is 113 Å². The summed E-state index contributed by atoms with van der Waals surface area (Å²) in [5.74, 6) is -1.75. The van der Waals surface area contributed by atoms with Crippen molar-refractivity contribution in [3.05, 3.63) is 34.1 Å². The van der Waals surface area contributed by atoms with Gasteiger partial charge in [-0.1, -0.05) is 0 Å². The van der Waals surface area contributed by atoms with Crippen molar-refractivity contribution in [2.45, 2.75) is 12.5 Å². The van der Waals surface area contributed by atoms with Gasteiger partial charge in [0.2, 0.25) is 0 Å². The summed E-state index contributed by atoms with van der Waals surface area (Å²) in [5, 5.41) is 19.5. The summed E-state index contributed by atoms with van der Waals surface area (Å²) in [7, 11) is 0. The lowest BCUT2D eigenvalue weighted by Crippen LogP contribution is -2.62. The molecule has 0 atom stereocenters. The number of rotatable bonds is 5. The molecule has 1 heterocycles. The van der Waals surface area contributed by atoms with E-state index >= 15 is 0 Å². The highest BCUT2D eigenvalue weighted by Crippen LogP contribution is 2.36. The largest absolute Gasteiger partial charge is 0.480 e. The van der Waals surface area contributed by atoms with Crippen LogP contribution in [-0.4, -0.2) is 41.3 Å². The molecule has 0 saturated carbocycles. The molecule has 1 N–H and O–H groups in total. The second kappa shape index (κ2) is 5.04. The standard InChI is InChI=1S/C12H13FN2O5/c1-12(20-5-11(16)17)6-14(7-12)9-3-2-8(13)4-10(9)15(18)19/h2-4H,5-7H2,1H3,(H,16,17). The van der Waals surface area contributed by atoms with E-state index in [1.807, 2.05) is 0 Å². The second-order valence-corrected chi connectivity index (χ2v) is 4.88. The minimum absolute atomic E-state index is 0.299. The van der Waals surface area contributed by atoms with E-state index in [1.165, 1.54) is 6.07 Å². The number of benzene rings is 1. The van der Waals surface area contributed by atoms with Crippen LogP contribution < -0.4 is 4.90 Å². The van der Waals surface area contributed by atoms with Gasteiger partial charge in [0.05, 0.1) is 11.0 Å². The highest BCUT2D eigenvalue weighted by Gasteiger charge is 2.42. The molecule has 1 aliphatic heterocycles. The quantitative estimate of drug-likeness (QED) is 0.649. The molecule has 108 valence electrons. The monoisotopic (exact) mass is 284 g/mol. The number of carboxylic acids is 1. The second-order valence-electron chi connectivity index (χ2n) is 4.88. The Morgan fingerprint density at radius 1 is 1.60 bits per heavy atom. The van der Waals surface area contributed by atoms with Crippen molar-refractivity contribution in [2.75, 3.05) is 24.6 Å². The van der Waals surface area contributed by atoms with E-state index in [2.05, 4.69) is 0 Å². The number of nitro groups is 1. The molecule has 0 bridgehead atoms. The van der Waals surface area contributed by atoms with Crippen LogP contribution in [0.15, 0.2) is 18.2 Å². The number of carboxylic acid groups (broad SMARTS) is 1. The van der Waals surface area contributed by atoms with E-state index in [9.17, 15) is 19.3 Å². The van der Waals surface area contributed by atoms with Crippen molar-refractivity contribution >= 4 is 17.3 Å². The molecular weight excluding hydrogens is 271 g/mol. The van der Waals surface area contributed by atoms with Crippen molar-refractivity contribution < 1.29 is 24.0 Å². The van der Waals surface area contributed by atoms with Crippen LogP contribution >= 0.6 is 0 Å². The van der Waals surface area contributed by atoms with Gasteiger partial charge in [0, 0.05) is 13.1 Å². The molecule has 0 amide bonds. The fraction of sp³-hybridized carbons (Fsp3) is 0.417. The third-order valence-electron chi connectivity index (χ3n) is 3.07. The zero-order valence-corrected chi connectivity index (χ0v) is 10.7. The van der Waals surface area contributed by atoms with Crippen molar-refractivity contribution in [3.8, 4) is 0 Å². The molecule has 0 aromatic heterocycles. The SMILES string of the molecule is CC1(OCC(=O)O)CN(c2ccc(F)cc2[N+](=O)[O-])C1. The normalized spacial score (nSPS) is 16.6. The molecule has 1 aromatic carbocycles. The van der Waals surface area contributed by atoms with Crippen LogP contribution in [0.3, 0.4) is 0 Å². The maximum absolute atomic E-state index is 13.0. The summed E-state index contributed by atoms with van der Waals surface area (Å²) in [5.41, 5.74) is -0.682. The van der Waals surface area contributed by atoms with E-state index in [0.717, 1.165) is 12.1 Å². The molecule has 1 aliphatic rings. The van der Waals surface area contributed by atoms with E-state index in [0.29, 0.717) is 18.8 Å². The first-order valence-electron chi connectivity index (χ1n) is 5.85. The minimum Gasteiger partial charge on any atom is -0.480 e. The van der Waals surface area contributed by atoms with Crippen molar-refractivity contribution in [2.24, 2.45) is 0 Å². The number of carbonyl (C=O) groups is 1. The lowest BCUT2D eigenvalue weighted by atomic mass is 9.95. The van der Waals surface area contributed by atoms with Crippen molar-refractivity contribution in [1.29, 1.82) is 0 Å². The zero-order chi connectivity index (χ0) is 14.9. The summed E-state index contributed by atoms with van der Waals surface area (Å²) >= 11 is 0. The Morgan fingerprint density at radius 3 is 2.80 bits per heavy atom. The molecule has 7 nitrogen and oxygen atoms in total. The molecule has 8 heteroatoms. The van der Waals surface area contributed by atoms with Crippen LogP contribution in [0.4, 0.5) is 15.8 Å². The van der Waals surface area contributed by atoms with E-state index in [4.69, 9.17) is 9.84 Å². The summed E-state index contributed by atoms with van der Waals surface area (Å²) in [6.45, 7) is 1.93. The van der Waals surface area contributed by atoms with E-state index < -0.39 is 28.9 Å². The number of hydrogen-bond acceptors (Lipinski definition) is 5. The van der Waals surface area contributed by atoms with Crippen molar-refractivity contribution in [3.63, 3.8) is 0 Å². The molecule has 20 heavy (non-hydrogen) atoms. The van der Waals surface area contributed by atoms with Gasteiger partial charge in [-0.25, -0.2) is 9.18 Å². The first kappa shape index (κ1) is 14.2. The van der Waals surface area contributed by atoms with E-state index in [-0.39, 0.29) is 5.69 Å². The lowest BCUT2D eigenvalue weighted by molar-refractivity contribution is -0.384. The van der Waals surface area contributed by atoms with Gasteiger partial charge in [0.25, 0.3) is 5.69 Å². The molecular formula is C12H13FN2O5. The molecule has 1 aromatic rings. The van der Waals surface area contributed by atoms with Crippen LogP contribution in [0.1, 0.15) is 6.92 Å². The Balaban J connectivity index is 2.09. The van der Waals surface area contributed by atoms with Crippen LogP contribution in [0.2, 0.25) is 0 Å². The zero-order valence-electron chi connectivity index (χ0n) is 10.7. The highest BCUT2D eigenvalue weighted by atomic mass is 19.1. The molecule has 1 fully saturated rings. The van der Waals surface area contributed by atoms with Gasteiger partial charge in [-0.05, 0) is 19.1 Å². The molecule has 0 unspecified atom stereocenters. The minimum atomic E-state index is -1.07. The Hall–Kier alpha value is -2.22. The number of nitrogens with zero attached hydrogens (tertiary/aromatic N) is 2.